The monoisotopic (exact) mass is 300 g/mol. The molecule has 116 valence electrons. The van der Waals surface area contributed by atoms with E-state index >= 15 is 0 Å². The number of phenolic OH excluding ortho intramolecular Hbond substituents is 2. The Hall–Kier alpha value is -1.97. The Labute approximate surface area is 129 Å². The Morgan fingerprint density at radius 3 is 1.95 bits per heavy atom. The van der Waals surface area contributed by atoms with Gasteiger partial charge in [-0.05, 0) is 61.6 Å². The molecule has 1 unspecified atom stereocenters. The quantitative estimate of drug-likeness (QED) is 0.499. The second-order valence-corrected chi connectivity index (χ2v) is 7.02. The minimum atomic E-state index is -0.281. The molecular weight excluding hydrogens is 280 g/mol. The van der Waals surface area contributed by atoms with E-state index in [4.69, 9.17) is 4.74 Å². The molecule has 3 aliphatic carbocycles. The third-order valence-corrected chi connectivity index (χ3v) is 5.60. The number of aromatic hydroxyl groups is 2. The normalized spacial score (nSPS) is 33.1. The summed E-state index contributed by atoms with van der Waals surface area (Å²) in [6, 6.07) is 3.16. The lowest BCUT2D eigenvalue weighted by Gasteiger charge is -2.16. The van der Waals surface area contributed by atoms with Crippen molar-refractivity contribution in [3.63, 3.8) is 0 Å². The van der Waals surface area contributed by atoms with Crippen LogP contribution in [0.4, 0.5) is 0 Å². The zero-order chi connectivity index (χ0) is 15.8. The lowest BCUT2D eigenvalue weighted by molar-refractivity contribution is -0.137. The first-order valence-corrected chi connectivity index (χ1v) is 7.82. The second kappa shape index (κ2) is 4.28. The van der Waals surface area contributed by atoms with Crippen molar-refractivity contribution < 1.29 is 19.7 Å². The topological polar surface area (TPSA) is 66.8 Å². The smallest absolute Gasteiger partial charge is 0.307 e. The number of carbonyl (C=O) groups excluding carboxylic acids is 1. The Balaban J connectivity index is 1.72. The highest BCUT2D eigenvalue weighted by Gasteiger charge is 2.69. The van der Waals surface area contributed by atoms with Crippen LogP contribution in [0.1, 0.15) is 50.2 Å². The fourth-order valence-electron chi connectivity index (χ4n) is 5.01. The lowest BCUT2D eigenvalue weighted by Crippen LogP contribution is -2.07. The summed E-state index contributed by atoms with van der Waals surface area (Å²) in [5.41, 5.74) is 2.88. The molecule has 1 aromatic rings. The maximum atomic E-state index is 11.4. The average Bonchev–Trinajstić information content (AvgIpc) is 2.88. The molecule has 3 aliphatic rings. The summed E-state index contributed by atoms with van der Waals surface area (Å²) in [6.07, 6.45) is 0.989. The number of ether oxygens (including phenoxy) is 1. The second-order valence-electron chi connectivity index (χ2n) is 7.02. The molecule has 4 rings (SSSR count). The van der Waals surface area contributed by atoms with E-state index in [9.17, 15) is 15.0 Å². The number of allylic oxidation sites excluding steroid dienone is 2. The number of carbonyl (C=O) groups is 1. The van der Waals surface area contributed by atoms with E-state index in [0.717, 1.165) is 28.9 Å². The molecule has 0 amide bonds. The van der Waals surface area contributed by atoms with Crippen LogP contribution in [-0.4, -0.2) is 16.2 Å². The number of rotatable bonds is 2. The molecule has 0 saturated heterocycles. The summed E-state index contributed by atoms with van der Waals surface area (Å²) in [7, 11) is 0. The molecule has 22 heavy (non-hydrogen) atoms. The van der Waals surface area contributed by atoms with Gasteiger partial charge in [-0.25, -0.2) is 0 Å². The van der Waals surface area contributed by atoms with Crippen LogP contribution in [0.3, 0.4) is 0 Å². The van der Waals surface area contributed by atoms with Crippen LogP contribution < -0.4 is 0 Å². The minimum Gasteiger partial charge on any atom is -0.508 e. The highest BCUT2D eigenvalue weighted by molar-refractivity contribution is 5.68. The molecule has 4 heteroatoms. The van der Waals surface area contributed by atoms with Crippen molar-refractivity contribution in [2.24, 2.45) is 17.8 Å². The van der Waals surface area contributed by atoms with Gasteiger partial charge in [-0.1, -0.05) is 0 Å². The standard InChI is InChI=1S/C18H20O4/c1-7(2)18(22-8(3)19)17-15-9-6-10(16(15)17)14-12(21)5-4-11(20)13(9)14/h4-5,9-10,15-17,20-21H,6H2,1-3H3/t9-,10+,15-,16+,17?. The summed E-state index contributed by atoms with van der Waals surface area (Å²) < 4.78 is 5.47. The van der Waals surface area contributed by atoms with Gasteiger partial charge in [0.05, 0.1) is 0 Å². The molecule has 0 radical (unpaired) electrons. The van der Waals surface area contributed by atoms with E-state index in [1.807, 2.05) is 13.8 Å². The maximum Gasteiger partial charge on any atom is 0.307 e. The van der Waals surface area contributed by atoms with Gasteiger partial charge < -0.3 is 14.9 Å². The first-order valence-electron chi connectivity index (χ1n) is 7.82. The van der Waals surface area contributed by atoms with Gasteiger partial charge in [0.2, 0.25) is 0 Å². The fourth-order valence-corrected chi connectivity index (χ4v) is 5.01. The van der Waals surface area contributed by atoms with Gasteiger partial charge in [0.1, 0.15) is 17.3 Å². The van der Waals surface area contributed by atoms with Crippen LogP contribution in [0.25, 0.3) is 0 Å². The van der Waals surface area contributed by atoms with Gasteiger partial charge in [-0.2, -0.15) is 0 Å². The molecule has 4 nitrogen and oxygen atoms in total. The summed E-state index contributed by atoms with van der Waals surface area (Å²) in [4.78, 5) is 11.4. The number of hydrogen-bond acceptors (Lipinski definition) is 4. The van der Waals surface area contributed by atoms with Gasteiger partial charge in [0.25, 0.3) is 0 Å². The molecule has 2 N–H and O–H groups in total. The van der Waals surface area contributed by atoms with Crippen LogP contribution in [0.5, 0.6) is 11.5 Å². The molecule has 2 fully saturated rings. The molecule has 2 bridgehead atoms. The van der Waals surface area contributed by atoms with Crippen molar-refractivity contribution >= 4 is 5.97 Å². The van der Waals surface area contributed by atoms with Crippen molar-refractivity contribution in [1.82, 2.24) is 0 Å². The number of hydrogen-bond donors (Lipinski definition) is 2. The van der Waals surface area contributed by atoms with E-state index < -0.39 is 0 Å². The molecule has 2 saturated carbocycles. The van der Waals surface area contributed by atoms with E-state index in [-0.39, 0.29) is 35.2 Å². The van der Waals surface area contributed by atoms with Crippen molar-refractivity contribution in [2.45, 2.75) is 39.0 Å². The van der Waals surface area contributed by atoms with E-state index in [2.05, 4.69) is 0 Å². The summed E-state index contributed by atoms with van der Waals surface area (Å²) in [5.74, 6) is 2.72. The Morgan fingerprint density at radius 1 is 1.05 bits per heavy atom. The largest absolute Gasteiger partial charge is 0.508 e. The first kappa shape index (κ1) is 13.7. The van der Waals surface area contributed by atoms with Gasteiger partial charge in [-0.3, -0.25) is 4.79 Å². The summed E-state index contributed by atoms with van der Waals surface area (Å²) in [5, 5.41) is 20.4. The van der Waals surface area contributed by atoms with E-state index in [1.165, 1.54) is 6.92 Å². The molecule has 0 aliphatic heterocycles. The van der Waals surface area contributed by atoms with Crippen molar-refractivity contribution in [2.75, 3.05) is 0 Å². The maximum absolute atomic E-state index is 11.4. The predicted molar refractivity (Wildman–Crippen MR) is 80.5 cm³/mol. The lowest BCUT2D eigenvalue weighted by atomic mass is 9.90. The minimum absolute atomic E-state index is 0.240. The molecule has 0 heterocycles. The van der Waals surface area contributed by atoms with Crippen LogP contribution >= 0.6 is 0 Å². The molecule has 1 aromatic carbocycles. The van der Waals surface area contributed by atoms with Gasteiger partial charge in [0.15, 0.2) is 0 Å². The number of esters is 1. The summed E-state index contributed by atoms with van der Waals surface area (Å²) in [6.45, 7) is 5.37. The fraction of sp³-hybridized carbons (Fsp3) is 0.500. The van der Waals surface area contributed by atoms with Gasteiger partial charge in [0, 0.05) is 24.0 Å². The SMILES string of the molecule is CC(=O)OC(=C(C)C)C1[C@@H]2[C@H]1[C@@H]1C[C@H]2c2c(O)ccc(O)c21. The zero-order valence-corrected chi connectivity index (χ0v) is 13.0. The van der Waals surface area contributed by atoms with Gasteiger partial charge in [-0.15, -0.1) is 0 Å². The van der Waals surface area contributed by atoms with Crippen LogP contribution in [0.2, 0.25) is 0 Å². The molecule has 5 atom stereocenters. The number of benzene rings is 1. The highest BCUT2D eigenvalue weighted by atomic mass is 16.5. The Morgan fingerprint density at radius 2 is 1.55 bits per heavy atom. The molecule has 0 spiro atoms. The molecule has 0 aromatic heterocycles. The van der Waals surface area contributed by atoms with Crippen LogP contribution in [0, 0.1) is 17.8 Å². The third kappa shape index (κ3) is 1.61. The first-order chi connectivity index (χ1) is 10.4. The van der Waals surface area contributed by atoms with Crippen molar-refractivity contribution in [3.05, 3.63) is 34.6 Å². The molecular formula is C18H20O4. The van der Waals surface area contributed by atoms with E-state index in [0.29, 0.717) is 11.8 Å². The average molecular weight is 300 g/mol. The van der Waals surface area contributed by atoms with Gasteiger partial charge >= 0.3 is 5.97 Å². The summed E-state index contributed by atoms with van der Waals surface area (Å²) >= 11 is 0. The Kier molecular flexibility index (Phi) is 2.66. The van der Waals surface area contributed by atoms with Crippen molar-refractivity contribution in [1.29, 1.82) is 0 Å². The van der Waals surface area contributed by atoms with E-state index in [1.54, 1.807) is 12.1 Å². The Bertz CT molecular complexity index is 673. The third-order valence-electron chi connectivity index (χ3n) is 5.60. The predicted octanol–water partition coefficient (Wildman–Crippen LogP) is 3.40. The van der Waals surface area contributed by atoms with Crippen LogP contribution in [-0.2, 0) is 9.53 Å². The van der Waals surface area contributed by atoms with Crippen LogP contribution in [0.15, 0.2) is 23.5 Å². The zero-order valence-electron chi connectivity index (χ0n) is 13.0. The number of phenols is 2. The number of fused-ring (bicyclic) bond motifs is 8. The van der Waals surface area contributed by atoms with Crippen molar-refractivity contribution in [3.8, 4) is 11.5 Å². The highest BCUT2D eigenvalue weighted by Crippen LogP contribution is 2.77.